The van der Waals surface area contributed by atoms with E-state index in [1.54, 1.807) is 0 Å². The fraction of sp³-hybridized carbons (Fsp3) is 0.167. The van der Waals surface area contributed by atoms with Crippen LogP contribution in [0.4, 0.5) is 5.69 Å². The van der Waals surface area contributed by atoms with Crippen molar-refractivity contribution in [1.29, 1.82) is 0 Å². The third kappa shape index (κ3) is 5.72. The van der Waals surface area contributed by atoms with Gasteiger partial charge in [-0.2, -0.15) is 0 Å². The monoisotopic (exact) mass is 405 g/mol. The molecular formula is C24H23NO3S. The van der Waals surface area contributed by atoms with Gasteiger partial charge in [-0.1, -0.05) is 66.7 Å². The summed E-state index contributed by atoms with van der Waals surface area (Å²) in [5.74, 6) is -0.797. The van der Waals surface area contributed by atoms with Crippen LogP contribution in [0.1, 0.15) is 21.9 Å². The summed E-state index contributed by atoms with van der Waals surface area (Å²) in [7, 11) is 0. The largest absolute Gasteiger partial charge is 0.454 e. The molecule has 0 spiro atoms. The molecule has 0 unspecified atom stereocenters. The van der Waals surface area contributed by atoms with Crippen molar-refractivity contribution in [3.05, 3.63) is 95.6 Å². The van der Waals surface area contributed by atoms with Gasteiger partial charge in [-0.25, -0.2) is 0 Å². The minimum Gasteiger partial charge on any atom is -0.454 e. The van der Waals surface area contributed by atoms with E-state index in [2.05, 4.69) is 5.32 Å². The zero-order valence-electron chi connectivity index (χ0n) is 16.4. The Morgan fingerprint density at radius 1 is 0.862 bits per heavy atom. The number of carbonyl (C=O) groups excluding carboxylic acids is 2. The molecule has 1 N–H and O–H groups in total. The molecule has 4 nitrogen and oxygen atoms in total. The number of hydrogen-bond acceptors (Lipinski definition) is 4. The van der Waals surface area contributed by atoms with Crippen LogP contribution in [0, 0.1) is 13.8 Å². The van der Waals surface area contributed by atoms with Crippen molar-refractivity contribution in [2.75, 3.05) is 11.9 Å². The average molecular weight is 406 g/mol. The Kier molecular flexibility index (Phi) is 7.09. The third-order valence-electron chi connectivity index (χ3n) is 4.40. The van der Waals surface area contributed by atoms with Gasteiger partial charge in [-0.05, 0) is 42.7 Å². The number of aryl methyl sites for hydroxylation is 2. The first-order valence-corrected chi connectivity index (χ1v) is 10.2. The average Bonchev–Trinajstić information content (AvgIpc) is 2.74. The van der Waals surface area contributed by atoms with Crippen molar-refractivity contribution in [2.24, 2.45) is 0 Å². The summed E-state index contributed by atoms with van der Waals surface area (Å²) in [6, 6.07) is 24.9. The van der Waals surface area contributed by atoms with E-state index in [4.69, 9.17) is 4.74 Å². The van der Waals surface area contributed by atoms with Crippen molar-refractivity contribution >= 4 is 29.3 Å². The maximum absolute atomic E-state index is 12.8. The highest BCUT2D eigenvalue weighted by molar-refractivity contribution is 8.00. The van der Waals surface area contributed by atoms with Gasteiger partial charge in [0.05, 0.1) is 0 Å². The molecule has 0 radical (unpaired) electrons. The molecule has 1 atom stereocenters. The molecule has 3 aromatic carbocycles. The first-order valence-electron chi connectivity index (χ1n) is 9.34. The number of hydrogen-bond donors (Lipinski definition) is 1. The quantitative estimate of drug-likeness (QED) is 0.427. The van der Waals surface area contributed by atoms with E-state index in [0.29, 0.717) is 0 Å². The number of amides is 1. The summed E-state index contributed by atoms with van der Waals surface area (Å²) in [4.78, 5) is 26.1. The van der Waals surface area contributed by atoms with Crippen LogP contribution in [-0.4, -0.2) is 18.5 Å². The number of para-hydroxylation sites is 1. The molecule has 29 heavy (non-hydrogen) atoms. The van der Waals surface area contributed by atoms with E-state index in [1.165, 1.54) is 11.8 Å². The highest BCUT2D eigenvalue weighted by Crippen LogP contribution is 2.36. The zero-order valence-corrected chi connectivity index (χ0v) is 17.2. The van der Waals surface area contributed by atoms with Gasteiger partial charge in [0.1, 0.15) is 5.25 Å². The smallest absolute Gasteiger partial charge is 0.324 e. The van der Waals surface area contributed by atoms with E-state index >= 15 is 0 Å². The highest BCUT2D eigenvalue weighted by Gasteiger charge is 2.24. The van der Waals surface area contributed by atoms with Crippen LogP contribution in [0.5, 0.6) is 0 Å². The lowest BCUT2D eigenvalue weighted by molar-refractivity contribution is -0.146. The van der Waals surface area contributed by atoms with E-state index in [0.717, 1.165) is 27.3 Å². The van der Waals surface area contributed by atoms with Crippen molar-refractivity contribution < 1.29 is 14.3 Å². The maximum atomic E-state index is 12.8. The van der Waals surface area contributed by atoms with Crippen LogP contribution in [0.2, 0.25) is 0 Å². The number of anilines is 1. The van der Waals surface area contributed by atoms with Gasteiger partial charge in [-0.15, -0.1) is 11.8 Å². The first kappa shape index (κ1) is 20.7. The van der Waals surface area contributed by atoms with Crippen LogP contribution < -0.4 is 5.32 Å². The number of rotatable bonds is 7. The Morgan fingerprint density at radius 3 is 2.07 bits per heavy atom. The Bertz CT molecular complexity index is 954. The van der Waals surface area contributed by atoms with Gasteiger partial charge in [0.25, 0.3) is 5.91 Å². The molecule has 0 bridgehead atoms. The number of ether oxygens (including phenoxy) is 1. The van der Waals surface area contributed by atoms with Crippen LogP contribution in [-0.2, 0) is 14.3 Å². The molecule has 0 fully saturated rings. The minimum atomic E-state index is -0.549. The molecule has 0 aliphatic rings. The minimum absolute atomic E-state index is 0.328. The molecule has 0 aliphatic heterocycles. The van der Waals surface area contributed by atoms with E-state index < -0.39 is 11.2 Å². The Labute approximate surface area is 175 Å². The second-order valence-corrected chi connectivity index (χ2v) is 7.82. The second kappa shape index (κ2) is 9.94. The van der Waals surface area contributed by atoms with Crippen LogP contribution >= 0.6 is 11.8 Å². The molecule has 0 heterocycles. The van der Waals surface area contributed by atoms with Crippen LogP contribution in [0.25, 0.3) is 0 Å². The van der Waals surface area contributed by atoms with Gasteiger partial charge in [-0.3, -0.25) is 9.59 Å². The van der Waals surface area contributed by atoms with E-state index in [9.17, 15) is 9.59 Å². The van der Waals surface area contributed by atoms with Gasteiger partial charge in [0.2, 0.25) is 0 Å². The summed E-state index contributed by atoms with van der Waals surface area (Å²) in [6.45, 7) is 3.53. The molecule has 0 aliphatic carbocycles. The number of benzene rings is 3. The molecule has 0 saturated heterocycles. The number of carbonyl (C=O) groups is 2. The first-order chi connectivity index (χ1) is 14.0. The standard InChI is InChI=1S/C24H23NO3S/c1-17-10-9-11-18(2)22(17)25-21(26)16-28-24(27)23(19-12-5-3-6-13-19)29-20-14-7-4-8-15-20/h3-15,23H,16H2,1-2H3,(H,25,26)/t23-/m1/s1. The second-order valence-electron chi connectivity index (χ2n) is 6.64. The predicted molar refractivity (Wildman–Crippen MR) is 117 cm³/mol. The number of esters is 1. The summed E-state index contributed by atoms with van der Waals surface area (Å²) in [5.41, 5.74) is 3.52. The molecule has 148 valence electrons. The summed E-state index contributed by atoms with van der Waals surface area (Å²) in [6.07, 6.45) is 0. The summed E-state index contributed by atoms with van der Waals surface area (Å²) in [5, 5.41) is 2.29. The lowest BCUT2D eigenvalue weighted by Crippen LogP contribution is -2.23. The molecule has 0 aromatic heterocycles. The SMILES string of the molecule is Cc1cccc(C)c1NC(=O)COC(=O)[C@H](Sc1ccccc1)c1ccccc1. The van der Waals surface area contributed by atoms with Crippen molar-refractivity contribution in [3.63, 3.8) is 0 Å². The molecule has 0 saturated carbocycles. The van der Waals surface area contributed by atoms with Gasteiger partial charge in [0.15, 0.2) is 6.61 Å². The topological polar surface area (TPSA) is 55.4 Å². The Morgan fingerprint density at radius 2 is 1.45 bits per heavy atom. The molecular weight excluding hydrogens is 382 g/mol. The summed E-state index contributed by atoms with van der Waals surface area (Å²) >= 11 is 1.40. The molecule has 3 rings (SSSR count). The number of thioether (sulfide) groups is 1. The fourth-order valence-electron chi connectivity index (χ4n) is 2.91. The van der Waals surface area contributed by atoms with Crippen molar-refractivity contribution in [3.8, 4) is 0 Å². The van der Waals surface area contributed by atoms with Crippen LogP contribution in [0.3, 0.4) is 0 Å². The van der Waals surface area contributed by atoms with Crippen LogP contribution in [0.15, 0.2) is 83.8 Å². The Balaban J connectivity index is 1.67. The third-order valence-corrected chi connectivity index (χ3v) is 5.65. The lowest BCUT2D eigenvalue weighted by Gasteiger charge is -2.17. The Hall–Kier alpha value is -3.05. The normalized spacial score (nSPS) is 11.5. The predicted octanol–water partition coefficient (Wildman–Crippen LogP) is 5.32. The van der Waals surface area contributed by atoms with Gasteiger partial charge in [0, 0.05) is 10.6 Å². The fourth-order valence-corrected chi connectivity index (χ4v) is 3.96. The number of nitrogens with one attached hydrogen (secondary N) is 1. The van der Waals surface area contributed by atoms with E-state index in [1.807, 2.05) is 92.7 Å². The molecule has 5 heteroatoms. The zero-order chi connectivity index (χ0) is 20.6. The molecule has 1 amide bonds. The highest BCUT2D eigenvalue weighted by atomic mass is 32.2. The van der Waals surface area contributed by atoms with E-state index in [-0.39, 0.29) is 12.5 Å². The summed E-state index contributed by atoms with van der Waals surface area (Å²) < 4.78 is 5.37. The lowest BCUT2D eigenvalue weighted by atomic mass is 10.1. The maximum Gasteiger partial charge on any atom is 0.324 e. The molecule has 3 aromatic rings. The van der Waals surface area contributed by atoms with Crippen molar-refractivity contribution in [2.45, 2.75) is 24.0 Å². The van der Waals surface area contributed by atoms with Gasteiger partial charge >= 0.3 is 5.97 Å². The van der Waals surface area contributed by atoms with Gasteiger partial charge < -0.3 is 10.1 Å². The van der Waals surface area contributed by atoms with Crippen molar-refractivity contribution in [1.82, 2.24) is 0 Å².